The highest BCUT2D eigenvalue weighted by Gasteiger charge is 2.36. The van der Waals surface area contributed by atoms with E-state index in [9.17, 15) is 0 Å². The summed E-state index contributed by atoms with van der Waals surface area (Å²) in [6, 6.07) is 28.4. The Morgan fingerprint density at radius 1 is 0.679 bits per heavy atom. The van der Waals surface area contributed by atoms with Crippen molar-refractivity contribution in [3.05, 3.63) is 90.5 Å². The number of hydrogen-bond donors (Lipinski definition) is 0. The highest BCUT2D eigenvalue weighted by atomic mass is 16.7. The molecule has 0 unspecified atom stereocenters. The Labute approximate surface area is 164 Å². The first-order chi connectivity index (χ1) is 13.7. The van der Waals surface area contributed by atoms with Crippen LogP contribution >= 0.6 is 0 Å². The molecule has 4 aromatic carbocycles. The van der Waals surface area contributed by atoms with Gasteiger partial charge in [0.15, 0.2) is 0 Å². The fourth-order valence-corrected chi connectivity index (χ4v) is 3.75. The van der Waals surface area contributed by atoms with E-state index in [1.54, 1.807) is 7.11 Å². The molecule has 3 nitrogen and oxygen atoms in total. The monoisotopic (exact) mass is 368 g/mol. The van der Waals surface area contributed by atoms with Gasteiger partial charge in [0, 0.05) is 23.6 Å². The topological polar surface area (TPSA) is 27.7 Å². The summed E-state index contributed by atoms with van der Waals surface area (Å²) in [7, 11) is 1.68. The minimum Gasteiger partial charge on any atom is -0.497 e. The smallest absolute Gasteiger partial charge is 0.275 e. The van der Waals surface area contributed by atoms with Gasteiger partial charge in [-0.15, -0.1) is 0 Å². The lowest BCUT2D eigenvalue weighted by atomic mass is 10.0. The van der Waals surface area contributed by atoms with Crippen molar-refractivity contribution in [3.63, 3.8) is 0 Å². The molecule has 28 heavy (non-hydrogen) atoms. The van der Waals surface area contributed by atoms with E-state index in [0.717, 1.165) is 44.7 Å². The van der Waals surface area contributed by atoms with Crippen LogP contribution in [0.3, 0.4) is 0 Å². The van der Waals surface area contributed by atoms with Crippen molar-refractivity contribution in [1.82, 2.24) is 0 Å². The molecule has 0 saturated carbocycles. The second kappa shape index (κ2) is 6.31. The number of methoxy groups -OCH3 is 1. The number of fused-ring (bicyclic) bond motifs is 4. The maximum Gasteiger partial charge on any atom is 0.275 e. The highest BCUT2D eigenvalue weighted by Crippen LogP contribution is 2.45. The van der Waals surface area contributed by atoms with Gasteiger partial charge in [-0.1, -0.05) is 54.6 Å². The van der Waals surface area contributed by atoms with Crippen molar-refractivity contribution in [2.45, 2.75) is 12.7 Å². The molecule has 5 rings (SSSR count). The van der Waals surface area contributed by atoms with Gasteiger partial charge in [0.05, 0.1) is 7.11 Å². The summed E-state index contributed by atoms with van der Waals surface area (Å²) in [4.78, 5) is 0. The minimum atomic E-state index is -0.948. The Morgan fingerprint density at radius 3 is 1.89 bits per heavy atom. The fraction of sp³-hybridized carbons (Fsp3) is 0.120. The number of hydrogen-bond acceptors (Lipinski definition) is 3. The molecule has 0 bridgehead atoms. The van der Waals surface area contributed by atoms with Crippen LogP contribution in [-0.2, 0) is 5.79 Å². The van der Waals surface area contributed by atoms with E-state index in [1.165, 1.54) is 0 Å². The maximum absolute atomic E-state index is 6.46. The van der Waals surface area contributed by atoms with Gasteiger partial charge in [-0.2, -0.15) is 0 Å². The van der Waals surface area contributed by atoms with E-state index in [2.05, 4.69) is 36.4 Å². The SMILES string of the molecule is COc1ccc2cc(C3(C)Oc4ccccc4-c4ccccc4O3)ccc2c1. The van der Waals surface area contributed by atoms with Crippen LogP contribution in [0.2, 0.25) is 0 Å². The van der Waals surface area contributed by atoms with Crippen LogP contribution in [0.15, 0.2) is 84.9 Å². The summed E-state index contributed by atoms with van der Waals surface area (Å²) < 4.78 is 18.3. The van der Waals surface area contributed by atoms with E-state index in [1.807, 2.05) is 55.5 Å². The van der Waals surface area contributed by atoms with E-state index < -0.39 is 5.79 Å². The highest BCUT2D eigenvalue weighted by molar-refractivity contribution is 5.85. The van der Waals surface area contributed by atoms with Crippen LogP contribution in [0.1, 0.15) is 12.5 Å². The molecule has 0 atom stereocenters. The number of benzene rings is 4. The van der Waals surface area contributed by atoms with Crippen LogP contribution < -0.4 is 14.2 Å². The van der Waals surface area contributed by atoms with E-state index in [4.69, 9.17) is 14.2 Å². The second-order valence-electron chi connectivity index (χ2n) is 7.07. The molecular formula is C25H20O3. The van der Waals surface area contributed by atoms with Crippen molar-refractivity contribution in [3.8, 4) is 28.4 Å². The second-order valence-corrected chi connectivity index (χ2v) is 7.07. The van der Waals surface area contributed by atoms with Crippen molar-refractivity contribution in [1.29, 1.82) is 0 Å². The molecule has 0 N–H and O–H groups in total. The van der Waals surface area contributed by atoms with Crippen LogP contribution in [0.4, 0.5) is 0 Å². The lowest BCUT2D eigenvalue weighted by molar-refractivity contribution is -0.102. The Kier molecular flexibility index (Phi) is 3.76. The fourth-order valence-electron chi connectivity index (χ4n) is 3.75. The first-order valence-corrected chi connectivity index (χ1v) is 9.31. The van der Waals surface area contributed by atoms with Gasteiger partial charge in [0.1, 0.15) is 17.2 Å². The quantitative estimate of drug-likeness (QED) is 0.424. The molecule has 0 amide bonds. The average Bonchev–Trinajstić information content (AvgIpc) is 2.87. The Hall–Kier alpha value is -3.46. The molecule has 0 aromatic heterocycles. The van der Waals surface area contributed by atoms with E-state index in [-0.39, 0.29) is 0 Å². The first-order valence-electron chi connectivity index (χ1n) is 9.31. The maximum atomic E-state index is 6.46. The zero-order valence-electron chi connectivity index (χ0n) is 15.8. The van der Waals surface area contributed by atoms with Gasteiger partial charge < -0.3 is 14.2 Å². The first kappa shape index (κ1) is 16.7. The van der Waals surface area contributed by atoms with Crippen molar-refractivity contribution < 1.29 is 14.2 Å². The van der Waals surface area contributed by atoms with Gasteiger partial charge in [0.25, 0.3) is 5.79 Å². The zero-order valence-corrected chi connectivity index (χ0v) is 15.8. The summed E-state index contributed by atoms with van der Waals surface area (Å²) >= 11 is 0. The molecule has 0 radical (unpaired) electrons. The van der Waals surface area contributed by atoms with E-state index in [0.29, 0.717) is 0 Å². The standard InChI is InChI=1S/C25H20O3/c1-25(19-13-11-18-16-20(26-2)14-12-17(18)15-19)27-23-9-5-3-7-21(23)22-8-4-6-10-24(22)28-25/h3-16H,1-2H3. The normalized spacial score (nSPS) is 14.2. The molecule has 0 saturated heterocycles. The molecule has 0 spiro atoms. The third-order valence-electron chi connectivity index (χ3n) is 5.25. The van der Waals surface area contributed by atoms with Crippen LogP contribution in [0.5, 0.6) is 17.2 Å². The van der Waals surface area contributed by atoms with Gasteiger partial charge >= 0.3 is 0 Å². The largest absolute Gasteiger partial charge is 0.497 e. The van der Waals surface area contributed by atoms with Crippen molar-refractivity contribution in [2.75, 3.05) is 7.11 Å². The predicted octanol–water partition coefficient (Wildman–Crippen LogP) is 6.16. The summed E-state index contributed by atoms with van der Waals surface area (Å²) in [6.07, 6.45) is 0. The van der Waals surface area contributed by atoms with Gasteiger partial charge in [-0.3, -0.25) is 0 Å². The summed E-state index contributed by atoms with van der Waals surface area (Å²) in [5.74, 6) is 1.52. The van der Waals surface area contributed by atoms with Crippen molar-refractivity contribution in [2.24, 2.45) is 0 Å². The minimum absolute atomic E-state index is 0.810. The van der Waals surface area contributed by atoms with E-state index >= 15 is 0 Å². The summed E-state index contributed by atoms with van der Waals surface area (Å²) in [6.45, 7) is 1.97. The Bertz CT molecular complexity index is 1130. The molecule has 3 heteroatoms. The summed E-state index contributed by atoms with van der Waals surface area (Å²) in [5.41, 5.74) is 3.02. The van der Waals surface area contributed by atoms with Crippen molar-refractivity contribution >= 4 is 10.8 Å². The summed E-state index contributed by atoms with van der Waals surface area (Å²) in [5, 5.41) is 2.22. The number of ether oxygens (including phenoxy) is 3. The molecular weight excluding hydrogens is 348 g/mol. The van der Waals surface area contributed by atoms with Gasteiger partial charge in [0.2, 0.25) is 0 Å². The Morgan fingerprint density at radius 2 is 1.25 bits per heavy atom. The van der Waals surface area contributed by atoms with Crippen LogP contribution in [0, 0.1) is 0 Å². The third kappa shape index (κ3) is 2.67. The molecule has 1 aliphatic heterocycles. The lowest BCUT2D eigenvalue weighted by Gasteiger charge is -2.30. The molecule has 0 aliphatic carbocycles. The van der Waals surface area contributed by atoms with Crippen LogP contribution in [-0.4, -0.2) is 7.11 Å². The predicted molar refractivity (Wildman–Crippen MR) is 111 cm³/mol. The molecule has 1 aliphatic rings. The van der Waals surface area contributed by atoms with Crippen LogP contribution in [0.25, 0.3) is 21.9 Å². The molecule has 0 fully saturated rings. The average molecular weight is 368 g/mol. The Balaban J connectivity index is 1.66. The lowest BCUT2D eigenvalue weighted by Crippen LogP contribution is -2.35. The number of rotatable bonds is 2. The van der Waals surface area contributed by atoms with Gasteiger partial charge in [-0.05, 0) is 41.1 Å². The molecule has 4 aromatic rings. The molecule has 1 heterocycles. The zero-order chi connectivity index (χ0) is 19.1. The number of para-hydroxylation sites is 2. The third-order valence-corrected chi connectivity index (χ3v) is 5.25. The van der Waals surface area contributed by atoms with Gasteiger partial charge in [-0.25, -0.2) is 0 Å². The molecule has 138 valence electrons.